The van der Waals surface area contributed by atoms with Crippen molar-refractivity contribution in [1.29, 1.82) is 0 Å². The summed E-state index contributed by atoms with van der Waals surface area (Å²) in [5, 5.41) is 9.15. The highest BCUT2D eigenvalue weighted by molar-refractivity contribution is 6.01. The quantitative estimate of drug-likeness (QED) is 0.567. The molecule has 1 fully saturated rings. The molecule has 0 aromatic rings. The molecular formula is C11H19NO4. The van der Waals surface area contributed by atoms with E-state index in [0.29, 0.717) is 12.8 Å². The molecule has 0 atom stereocenters. The van der Waals surface area contributed by atoms with Gasteiger partial charge in [-0.1, -0.05) is 12.8 Å². The average molecular weight is 229 g/mol. The Kier molecular flexibility index (Phi) is 3.57. The van der Waals surface area contributed by atoms with Crippen molar-refractivity contribution < 1.29 is 19.5 Å². The first kappa shape index (κ1) is 13.0. The second kappa shape index (κ2) is 4.41. The number of carbonyl (C=O) groups is 2. The lowest BCUT2D eigenvalue weighted by atomic mass is 9.85. The number of carbonyl (C=O) groups excluding carboxylic acids is 1. The van der Waals surface area contributed by atoms with Gasteiger partial charge in [0.15, 0.2) is 0 Å². The molecule has 92 valence electrons. The van der Waals surface area contributed by atoms with E-state index in [2.05, 4.69) is 5.48 Å². The first-order valence-electron chi connectivity index (χ1n) is 5.50. The molecule has 0 heterocycles. The zero-order chi connectivity index (χ0) is 12.4. The maximum atomic E-state index is 11.8. The Morgan fingerprint density at radius 3 is 2.12 bits per heavy atom. The molecule has 0 aromatic heterocycles. The van der Waals surface area contributed by atoms with Gasteiger partial charge in [0, 0.05) is 0 Å². The van der Waals surface area contributed by atoms with Crippen LogP contribution in [0.15, 0.2) is 0 Å². The van der Waals surface area contributed by atoms with Gasteiger partial charge in [-0.05, 0) is 33.6 Å². The van der Waals surface area contributed by atoms with Crippen molar-refractivity contribution in [3.8, 4) is 0 Å². The number of hydrogen-bond donors (Lipinski definition) is 2. The summed E-state index contributed by atoms with van der Waals surface area (Å²) >= 11 is 0. The Balaban J connectivity index is 2.67. The highest BCUT2D eigenvalue weighted by Gasteiger charge is 2.48. The molecule has 1 amide bonds. The fourth-order valence-electron chi connectivity index (χ4n) is 1.81. The lowest BCUT2D eigenvalue weighted by molar-refractivity contribution is -0.167. The smallest absolute Gasteiger partial charge is 0.319 e. The van der Waals surface area contributed by atoms with E-state index in [1.54, 1.807) is 20.8 Å². The fraction of sp³-hybridized carbons (Fsp3) is 0.818. The monoisotopic (exact) mass is 229 g/mol. The summed E-state index contributed by atoms with van der Waals surface area (Å²) in [7, 11) is 0. The van der Waals surface area contributed by atoms with Crippen molar-refractivity contribution in [3.63, 3.8) is 0 Å². The third-order valence-electron chi connectivity index (χ3n) is 2.75. The van der Waals surface area contributed by atoms with E-state index in [4.69, 9.17) is 9.94 Å². The number of hydroxylamine groups is 1. The van der Waals surface area contributed by atoms with Gasteiger partial charge in [0.1, 0.15) is 5.41 Å². The first-order valence-corrected chi connectivity index (χ1v) is 5.50. The summed E-state index contributed by atoms with van der Waals surface area (Å²) in [5.41, 5.74) is 0.461. The van der Waals surface area contributed by atoms with Crippen LogP contribution in [0.25, 0.3) is 0 Å². The van der Waals surface area contributed by atoms with Gasteiger partial charge in [0.05, 0.1) is 5.60 Å². The van der Waals surface area contributed by atoms with E-state index >= 15 is 0 Å². The number of hydrogen-bond acceptors (Lipinski definition) is 3. The largest absolute Gasteiger partial charge is 0.480 e. The third kappa shape index (κ3) is 2.72. The molecule has 1 aliphatic carbocycles. The number of carboxylic acid groups (broad SMARTS) is 1. The third-order valence-corrected chi connectivity index (χ3v) is 2.75. The molecule has 1 rings (SSSR count). The maximum Gasteiger partial charge on any atom is 0.319 e. The molecule has 0 unspecified atom stereocenters. The van der Waals surface area contributed by atoms with Crippen LogP contribution in [0.2, 0.25) is 0 Å². The minimum Gasteiger partial charge on any atom is -0.480 e. The molecule has 16 heavy (non-hydrogen) atoms. The molecule has 1 aliphatic rings. The molecule has 0 saturated heterocycles. The van der Waals surface area contributed by atoms with E-state index in [9.17, 15) is 9.59 Å². The average Bonchev–Trinajstić information content (AvgIpc) is 2.62. The summed E-state index contributed by atoms with van der Waals surface area (Å²) in [4.78, 5) is 28.1. The SMILES string of the molecule is CC(C)(C)ONC(=O)C1(C(=O)O)CCCC1. The Morgan fingerprint density at radius 1 is 1.25 bits per heavy atom. The Hall–Kier alpha value is -1.10. The summed E-state index contributed by atoms with van der Waals surface area (Å²) < 4.78 is 0. The van der Waals surface area contributed by atoms with Gasteiger partial charge in [-0.15, -0.1) is 0 Å². The van der Waals surface area contributed by atoms with Gasteiger partial charge in [-0.3, -0.25) is 14.4 Å². The zero-order valence-electron chi connectivity index (χ0n) is 10.0. The van der Waals surface area contributed by atoms with Crippen LogP contribution in [-0.4, -0.2) is 22.6 Å². The second-order valence-electron chi connectivity index (χ2n) is 5.24. The van der Waals surface area contributed by atoms with Crippen molar-refractivity contribution in [3.05, 3.63) is 0 Å². The van der Waals surface area contributed by atoms with E-state index in [-0.39, 0.29) is 0 Å². The molecule has 2 N–H and O–H groups in total. The zero-order valence-corrected chi connectivity index (χ0v) is 10.0. The van der Waals surface area contributed by atoms with Gasteiger partial charge < -0.3 is 5.11 Å². The van der Waals surface area contributed by atoms with Crippen molar-refractivity contribution in [2.75, 3.05) is 0 Å². The minimum absolute atomic E-state index is 0.391. The summed E-state index contributed by atoms with van der Waals surface area (Å²) in [5.74, 6) is -1.59. The van der Waals surface area contributed by atoms with Crippen LogP contribution in [0.4, 0.5) is 0 Å². The van der Waals surface area contributed by atoms with Gasteiger partial charge in [0.2, 0.25) is 0 Å². The number of rotatable bonds is 3. The van der Waals surface area contributed by atoms with Gasteiger partial charge in [-0.25, -0.2) is 5.48 Å². The van der Waals surface area contributed by atoms with Crippen LogP contribution in [0.5, 0.6) is 0 Å². The van der Waals surface area contributed by atoms with Crippen LogP contribution in [0.3, 0.4) is 0 Å². The van der Waals surface area contributed by atoms with Crippen molar-refractivity contribution >= 4 is 11.9 Å². The lowest BCUT2D eigenvalue weighted by Crippen LogP contribution is -2.47. The first-order chi connectivity index (χ1) is 7.28. The normalized spacial score (nSPS) is 19.4. The molecule has 1 saturated carbocycles. The molecular weight excluding hydrogens is 210 g/mol. The fourth-order valence-corrected chi connectivity index (χ4v) is 1.81. The molecule has 5 nitrogen and oxygen atoms in total. The Labute approximate surface area is 95.1 Å². The van der Waals surface area contributed by atoms with Crippen LogP contribution in [0.1, 0.15) is 46.5 Å². The van der Waals surface area contributed by atoms with Crippen LogP contribution < -0.4 is 5.48 Å². The van der Waals surface area contributed by atoms with Crippen molar-refractivity contribution in [1.82, 2.24) is 5.48 Å². The molecule has 5 heteroatoms. The number of aliphatic carboxylic acids is 1. The molecule has 0 bridgehead atoms. The summed E-state index contributed by atoms with van der Waals surface area (Å²) in [6.07, 6.45) is 2.33. The van der Waals surface area contributed by atoms with E-state index in [1.165, 1.54) is 0 Å². The van der Waals surface area contributed by atoms with Crippen LogP contribution in [0, 0.1) is 5.41 Å². The Bertz CT molecular complexity index is 287. The minimum atomic E-state index is -1.29. The molecule has 0 spiro atoms. The maximum absolute atomic E-state index is 11.8. The van der Waals surface area contributed by atoms with Crippen LogP contribution >= 0.6 is 0 Å². The van der Waals surface area contributed by atoms with Crippen molar-refractivity contribution in [2.45, 2.75) is 52.1 Å². The van der Waals surface area contributed by atoms with Crippen LogP contribution in [-0.2, 0) is 14.4 Å². The number of carboxylic acids is 1. The highest BCUT2D eigenvalue weighted by Crippen LogP contribution is 2.38. The van der Waals surface area contributed by atoms with E-state index < -0.39 is 22.9 Å². The second-order valence-corrected chi connectivity index (χ2v) is 5.24. The van der Waals surface area contributed by atoms with E-state index in [0.717, 1.165) is 12.8 Å². The summed E-state index contributed by atoms with van der Waals surface area (Å²) in [6.45, 7) is 5.36. The van der Waals surface area contributed by atoms with Gasteiger partial charge in [-0.2, -0.15) is 0 Å². The predicted molar refractivity (Wildman–Crippen MR) is 57.5 cm³/mol. The highest BCUT2D eigenvalue weighted by atomic mass is 16.7. The Morgan fingerprint density at radius 2 is 1.75 bits per heavy atom. The predicted octanol–water partition coefficient (Wildman–Crippen LogP) is 1.48. The topological polar surface area (TPSA) is 75.6 Å². The lowest BCUT2D eigenvalue weighted by Gasteiger charge is -2.25. The van der Waals surface area contributed by atoms with Gasteiger partial charge >= 0.3 is 5.97 Å². The number of nitrogens with one attached hydrogen (secondary N) is 1. The summed E-state index contributed by atoms with van der Waals surface area (Å²) in [6, 6.07) is 0. The van der Waals surface area contributed by atoms with Gasteiger partial charge in [0.25, 0.3) is 5.91 Å². The molecule has 0 aliphatic heterocycles. The molecule has 0 radical (unpaired) electrons. The molecule has 0 aromatic carbocycles. The van der Waals surface area contributed by atoms with E-state index in [1.807, 2.05) is 0 Å². The van der Waals surface area contributed by atoms with Crippen molar-refractivity contribution in [2.24, 2.45) is 5.41 Å². The standard InChI is InChI=1S/C11H19NO4/c1-10(2,3)16-12-8(13)11(9(14)15)6-4-5-7-11/h4-7H2,1-3H3,(H,12,13)(H,14,15). The number of amides is 1.